The van der Waals surface area contributed by atoms with Gasteiger partial charge in [-0.25, -0.2) is 0 Å². The van der Waals surface area contributed by atoms with Crippen LogP contribution in [0.5, 0.6) is 0 Å². The zero-order valence-electron chi connectivity index (χ0n) is 20.0. The van der Waals surface area contributed by atoms with Crippen LogP contribution in [0.2, 0.25) is 0 Å². The molecule has 0 aromatic rings. The van der Waals surface area contributed by atoms with E-state index in [2.05, 4.69) is 10.6 Å². The molecule has 0 aliphatic heterocycles. The van der Waals surface area contributed by atoms with Gasteiger partial charge in [0, 0.05) is 39.0 Å². The Morgan fingerprint density at radius 3 is 1.45 bits per heavy atom. The highest BCUT2D eigenvalue weighted by atomic mass is 16.5. The van der Waals surface area contributed by atoms with Gasteiger partial charge in [0.25, 0.3) is 12.9 Å². The Hall–Kier alpha value is -2.57. The Morgan fingerprint density at radius 1 is 0.788 bits per heavy atom. The highest BCUT2D eigenvalue weighted by Crippen LogP contribution is 1.92. The number of nitrogens with one attached hydrogen (secondary N) is 2. The molecule has 0 aliphatic carbocycles. The summed E-state index contributed by atoms with van der Waals surface area (Å²) in [6, 6.07) is 0. The van der Waals surface area contributed by atoms with Gasteiger partial charge in [-0.2, -0.15) is 0 Å². The van der Waals surface area contributed by atoms with Crippen LogP contribution in [0, 0.1) is 0 Å². The van der Waals surface area contributed by atoms with E-state index in [1.807, 2.05) is 18.7 Å². The van der Waals surface area contributed by atoms with Crippen molar-refractivity contribution in [2.24, 2.45) is 0 Å². The number of carbonyl (C=O) groups excluding carboxylic acids is 3. The van der Waals surface area contributed by atoms with Gasteiger partial charge in [0.2, 0.25) is 11.8 Å². The maximum absolute atomic E-state index is 11.4. The monoisotopic (exact) mass is 479 g/mol. The molecule has 2 amide bonds. The minimum atomic E-state index is -0.250. The van der Waals surface area contributed by atoms with Gasteiger partial charge in [0.15, 0.2) is 0 Å². The second-order valence-electron chi connectivity index (χ2n) is 6.61. The Labute approximate surface area is 196 Å². The van der Waals surface area contributed by atoms with Gasteiger partial charge in [-0.05, 0) is 19.8 Å². The number of nitrogens with zero attached hydrogens (tertiary/aromatic N) is 1. The molecule has 0 rings (SSSR count). The third-order valence-electron chi connectivity index (χ3n) is 3.64. The van der Waals surface area contributed by atoms with E-state index in [0.717, 1.165) is 12.8 Å². The minimum absolute atomic E-state index is 0.0438. The first-order valence-corrected chi connectivity index (χ1v) is 10.9. The van der Waals surface area contributed by atoms with Crippen LogP contribution in [0.25, 0.3) is 0 Å². The minimum Gasteiger partial charge on any atom is -0.483 e. The van der Waals surface area contributed by atoms with E-state index in [-0.39, 0.29) is 30.5 Å². The highest BCUT2D eigenvalue weighted by Gasteiger charge is 2.08. The fourth-order valence-corrected chi connectivity index (χ4v) is 2.33. The number of ketones is 1. The van der Waals surface area contributed by atoms with Crippen LogP contribution in [-0.4, -0.2) is 105 Å². The quantitative estimate of drug-likeness (QED) is 0.157. The second-order valence-corrected chi connectivity index (χ2v) is 6.61. The van der Waals surface area contributed by atoms with Gasteiger partial charge in [0.1, 0.15) is 5.78 Å². The molecule has 0 saturated heterocycles. The maximum Gasteiger partial charge on any atom is 0.290 e. The number of ether oxygens (including phenoxy) is 2. The van der Waals surface area contributed by atoms with E-state index < -0.39 is 0 Å². The zero-order valence-corrected chi connectivity index (χ0v) is 20.0. The lowest BCUT2D eigenvalue weighted by molar-refractivity contribution is -0.123. The molecule has 0 unspecified atom stereocenters. The van der Waals surface area contributed by atoms with Crippen molar-refractivity contribution in [3.05, 3.63) is 0 Å². The lowest BCUT2D eigenvalue weighted by Crippen LogP contribution is -2.36. The predicted octanol–water partition coefficient (Wildman–Crippen LogP) is 0.145. The van der Waals surface area contributed by atoms with Crippen LogP contribution in [0.3, 0.4) is 0 Å². The van der Waals surface area contributed by atoms with E-state index in [9.17, 15) is 14.4 Å². The predicted molar refractivity (Wildman–Crippen MR) is 122 cm³/mol. The molecule has 0 aromatic carbocycles. The normalized spacial score (nSPS) is 9.58. The zero-order chi connectivity index (χ0) is 25.7. The molecule has 0 spiro atoms. The molecule has 33 heavy (non-hydrogen) atoms. The smallest absolute Gasteiger partial charge is 0.290 e. The summed E-state index contributed by atoms with van der Waals surface area (Å²) in [4.78, 5) is 52.7. The lowest BCUT2D eigenvalue weighted by atomic mass is 10.3. The van der Waals surface area contributed by atoms with E-state index in [0.29, 0.717) is 72.0 Å². The Bertz CT molecular complexity index is 469. The van der Waals surface area contributed by atoms with Crippen LogP contribution in [0.1, 0.15) is 46.5 Å². The molecular weight excluding hydrogens is 438 g/mol. The number of rotatable bonds is 18. The highest BCUT2D eigenvalue weighted by molar-refractivity contribution is 5.77. The summed E-state index contributed by atoms with van der Waals surface area (Å²) in [5, 5.41) is 19.4. The number of amides is 2. The number of Topliss-reactive ketones (excluding diaryl/α,β-unsaturated/α-hetero) is 1. The molecule has 0 atom stereocenters. The van der Waals surface area contributed by atoms with Crippen molar-refractivity contribution in [3.63, 3.8) is 0 Å². The SMILES string of the molecule is CCCC(=O)NCCOCCN(CCOCCNC(=O)CCC)CC(C)=O.O=CO.O=CO. The third-order valence-corrected chi connectivity index (χ3v) is 3.64. The van der Waals surface area contributed by atoms with Crippen molar-refractivity contribution >= 4 is 30.5 Å². The van der Waals surface area contributed by atoms with Crippen molar-refractivity contribution < 1.29 is 43.7 Å². The van der Waals surface area contributed by atoms with Crippen molar-refractivity contribution in [1.29, 1.82) is 0 Å². The standard InChI is InChI=1S/C19H37N3O5.2CH2O2/c1-4-6-18(24)20-8-12-26-14-10-22(16-17(3)23)11-15-27-13-9-21-19(25)7-5-2;2*2-1-3/h4-16H2,1-3H3,(H,20,24)(H,21,25);2*1H,(H,2,3). The third kappa shape index (κ3) is 34.2. The van der Waals surface area contributed by atoms with E-state index in [1.54, 1.807) is 6.92 Å². The maximum atomic E-state index is 11.4. The average molecular weight is 480 g/mol. The average Bonchev–Trinajstić information content (AvgIpc) is 2.74. The summed E-state index contributed by atoms with van der Waals surface area (Å²) < 4.78 is 11.0. The second kappa shape index (κ2) is 29.4. The van der Waals surface area contributed by atoms with E-state index >= 15 is 0 Å². The van der Waals surface area contributed by atoms with Crippen LogP contribution in [0.15, 0.2) is 0 Å². The Balaban J connectivity index is -0.00000134. The molecule has 12 heteroatoms. The van der Waals surface area contributed by atoms with Gasteiger partial charge < -0.3 is 30.3 Å². The van der Waals surface area contributed by atoms with Crippen molar-refractivity contribution in [2.45, 2.75) is 46.5 Å². The molecule has 0 fully saturated rings. The van der Waals surface area contributed by atoms with Crippen LogP contribution in [-0.2, 0) is 33.4 Å². The fourth-order valence-electron chi connectivity index (χ4n) is 2.33. The lowest BCUT2D eigenvalue weighted by Gasteiger charge is -2.21. The van der Waals surface area contributed by atoms with Crippen molar-refractivity contribution in [2.75, 3.05) is 59.2 Å². The molecule has 0 saturated carbocycles. The molecule has 0 bridgehead atoms. The molecule has 0 heterocycles. The van der Waals surface area contributed by atoms with Crippen LogP contribution in [0.4, 0.5) is 0 Å². The molecule has 194 valence electrons. The molecule has 12 nitrogen and oxygen atoms in total. The first kappa shape index (κ1) is 35.0. The first-order valence-electron chi connectivity index (χ1n) is 10.9. The summed E-state index contributed by atoms with van der Waals surface area (Å²) in [7, 11) is 0. The van der Waals surface area contributed by atoms with Gasteiger partial charge >= 0.3 is 0 Å². The number of hydrogen-bond acceptors (Lipinski definition) is 8. The summed E-state index contributed by atoms with van der Waals surface area (Å²) >= 11 is 0. The van der Waals surface area contributed by atoms with Gasteiger partial charge in [0.05, 0.1) is 33.0 Å². The molecular formula is C21H41N3O9. The molecule has 4 N–H and O–H groups in total. The van der Waals surface area contributed by atoms with Crippen LogP contribution < -0.4 is 10.6 Å². The number of carboxylic acid groups (broad SMARTS) is 2. The first-order chi connectivity index (χ1) is 15.8. The summed E-state index contributed by atoms with van der Waals surface area (Å²) in [5.74, 6) is 0.179. The van der Waals surface area contributed by atoms with Crippen LogP contribution >= 0.6 is 0 Å². The van der Waals surface area contributed by atoms with Crippen molar-refractivity contribution in [3.8, 4) is 0 Å². The van der Waals surface area contributed by atoms with Gasteiger partial charge in [-0.3, -0.25) is 28.9 Å². The summed E-state index contributed by atoms with van der Waals surface area (Å²) in [6.45, 7) is 9.48. The fraction of sp³-hybridized carbons (Fsp3) is 0.762. The molecule has 0 aromatic heterocycles. The van der Waals surface area contributed by atoms with Gasteiger partial charge in [-0.1, -0.05) is 13.8 Å². The summed E-state index contributed by atoms with van der Waals surface area (Å²) in [5.41, 5.74) is 0. The van der Waals surface area contributed by atoms with E-state index in [1.165, 1.54) is 0 Å². The van der Waals surface area contributed by atoms with Gasteiger partial charge in [-0.15, -0.1) is 0 Å². The molecule has 0 radical (unpaired) electrons. The summed E-state index contributed by atoms with van der Waals surface area (Å²) in [6.07, 6.45) is 2.74. The topological polar surface area (TPSA) is 172 Å². The number of hydrogen-bond donors (Lipinski definition) is 4. The van der Waals surface area contributed by atoms with E-state index in [4.69, 9.17) is 29.3 Å². The number of carbonyl (C=O) groups is 5. The largest absolute Gasteiger partial charge is 0.483 e. The van der Waals surface area contributed by atoms with Crippen molar-refractivity contribution in [1.82, 2.24) is 15.5 Å². The Morgan fingerprint density at radius 2 is 1.15 bits per heavy atom. The Kier molecular flexibility index (Phi) is 31.2. The molecule has 0 aliphatic rings.